The largest absolute Gasteiger partial charge is 0.441 e. The van der Waals surface area contributed by atoms with Gasteiger partial charge in [-0.2, -0.15) is 0 Å². The summed E-state index contributed by atoms with van der Waals surface area (Å²) in [5.74, 6) is -1.76. The van der Waals surface area contributed by atoms with E-state index in [0.29, 0.717) is 0 Å². The van der Waals surface area contributed by atoms with Gasteiger partial charge in [0.05, 0.1) is 0 Å². The van der Waals surface area contributed by atoms with Crippen LogP contribution in [0.1, 0.15) is 33.1 Å². The molecule has 1 fully saturated rings. The van der Waals surface area contributed by atoms with E-state index in [4.69, 9.17) is 4.74 Å². The van der Waals surface area contributed by atoms with Gasteiger partial charge in [-0.1, -0.05) is 0 Å². The first kappa shape index (κ1) is 12.4. The lowest BCUT2D eigenvalue weighted by Crippen LogP contribution is -2.40. The Labute approximate surface area is 92.5 Å². The number of ketones is 1. The van der Waals surface area contributed by atoms with Crippen molar-refractivity contribution in [2.45, 2.75) is 39.3 Å². The van der Waals surface area contributed by atoms with Crippen molar-refractivity contribution >= 4 is 23.6 Å². The van der Waals surface area contributed by atoms with Crippen LogP contribution in [0.15, 0.2) is 0 Å². The number of esters is 1. The van der Waals surface area contributed by atoms with Crippen LogP contribution in [-0.2, 0) is 23.9 Å². The van der Waals surface area contributed by atoms with E-state index in [1.165, 1.54) is 13.8 Å². The molecule has 0 N–H and O–H groups in total. The summed E-state index contributed by atoms with van der Waals surface area (Å²) in [6.07, 6.45) is -0.990. The van der Waals surface area contributed by atoms with Crippen LogP contribution in [-0.4, -0.2) is 34.7 Å². The van der Waals surface area contributed by atoms with Crippen molar-refractivity contribution in [1.29, 1.82) is 0 Å². The molecule has 1 aliphatic rings. The fourth-order valence-corrected chi connectivity index (χ4v) is 1.49. The minimum Gasteiger partial charge on any atom is -0.441 e. The maximum atomic E-state index is 11.3. The highest BCUT2D eigenvalue weighted by Gasteiger charge is 2.34. The number of hydrogen-bond acceptors (Lipinski definition) is 5. The molecule has 0 aromatic heterocycles. The fourth-order valence-electron chi connectivity index (χ4n) is 1.49. The molecule has 1 heterocycles. The van der Waals surface area contributed by atoms with Gasteiger partial charge in [0.25, 0.3) is 0 Å². The normalized spacial score (nSPS) is 17.5. The molecule has 1 unspecified atom stereocenters. The lowest BCUT2D eigenvalue weighted by atomic mass is 10.3. The molecule has 0 radical (unpaired) electrons. The molecule has 0 bridgehead atoms. The van der Waals surface area contributed by atoms with Gasteiger partial charge < -0.3 is 4.74 Å². The standard InChI is InChI=1S/C10H13NO5/c1-6(12)5-10(15)16-7(2)11-8(13)3-4-9(11)14/h7H,3-5H2,1-2H3. The third kappa shape index (κ3) is 2.88. The van der Waals surface area contributed by atoms with Gasteiger partial charge in [-0.3, -0.25) is 19.2 Å². The number of rotatable bonds is 4. The Morgan fingerprint density at radius 3 is 2.25 bits per heavy atom. The molecule has 1 atom stereocenters. The SMILES string of the molecule is CC(=O)CC(=O)OC(C)N1C(=O)CCC1=O. The smallest absolute Gasteiger partial charge is 0.315 e. The van der Waals surface area contributed by atoms with Crippen LogP contribution < -0.4 is 0 Å². The molecule has 1 saturated heterocycles. The molecule has 6 heteroatoms. The number of imide groups is 1. The van der Waals surface area contributed by atoms with E-state index in [2.05, 4.69) is 0 Å². The van der Waals surface area contributed by atoms with Crippen LogP contribution >= 0.6 is 0 Å². The number of nitrogens with zero attached hydrogens (tertiary/aromatic N) is 1. The van der Waals surface area contributed by atoms with Gasteiger partial charge in [-0.15, -0.1) is 0 Å². The summed E-state index contributed by atoms with van der Waals surface area (Å²) in [4.78, 5) is 45.2. The van der Waals surface area contributed by atoms with Crippen LogP contribution in [0.3, 0.4) is 0 Å². The maximum Gasteiger partial charge on any atom is 0.315 e. The Hall–Kier alpha value is -1.72. The van der Waals surface area contributed by atoms with Crippen LogP contribution in [0.5, 0.6) is 0 Å². The second-order valence-corrected chi connectivity index (χ2v) is 3.63. The van der Waals surface area contributed by atoms with Gasteiger partial charge in [-0.25, -0.2) is 4.90 Å². The number of Topliss-reactive ketones (excluding diaryl/α,β-unsaturated/α-hetero) is 1. The number of hydrogen-bond donors (Lipinski definition) is 0. The first-order valence-electron chi connectivity index (χ1n) is 4.95. The highest BCUT2D eigenvalue weighted by Crippen LogP contribution is 2.16. The van der Waals surface area contributed by atoms with E-state index in [9.17, 15) is 19.2 Å². The summed E-state index contributed by atoms with van der Waals surface area (Å²) < 4.78 is 4.81. The summed E-state index contributed by atoms with van der Waals surface area (Å²) in [6, 6.07) is 0. The monoisotopic (exact) mass is 227 g/mol. The van der Waals surface area contributed by atoms with Crippen LogP contribution in [0.2, 0.25) is 0 Å². The highest BCUT2D eigenvalue weighted by atomic mass is 16.6. The van der Waals surface area contributed by atoms with Crippen LogP contribution in [0, 0.1) is 0 Å². The second kappa shape index (κ2) is 4.87. The lowest BCUT2D eigenvalue weighted by molar-refractivity contribution is -0.165. The van der Waals surface area contributed by atoms with E-state index in [0.717, 1.165) is 4.90 Å². The molecule has 0 aliphatic carbocycles. The predicted octanol–water partition coefficient (Wildman–Crippen LogP) is 0.00370. The molecular weight excluding hydrogens is 214 g/mol. The van der Waals surface area contributed by atoms with Crippen molar-refractivity contribution in [3.8, 4) is 0 Å². The van der Waals surface area contributed by atoms with Gasteiger partial charge in [-0.05, 0) is 13.8 Å². The average molecular weight is 227 g/mol. The third-order valence-corrected chi connectivity index (χ3v) is 2.15. The number of likely N-dealkylation sites (tertiary alicyclic amines) is 1. The zero-order valence-corrected chi connectivity index (χ0v) is 9.19. The van der Waals surface area contributed by atoms with Gasteiger partial charge in [0, 0.05) is 12.8 Å². The molecule has 6 nitrogen and oxygen atoms in total. The molecule has 1 aliphatic heterocycles. The Morgan fingerprint density at radius 1 is 1.31 bits per heavy atom. The van der Waals surface area contributed by atoms with Gasteiger partial charge in [0.2, 0.25) is 11.8 Å². The maximum absolute atomic E-state index is 11.3. The number of carbonyl (C=O) groups is 4. The summed E-state index contributed by atoms with van der Waals surface area (Å²) in [6.45, 7) is 2.69. The third-order valence-electron chi connectivity index (χ3n) is 2.15. The molecule has 0 aromatic rings. The summed E-state index contributed by atoms with van der Waals surface area (Å²) in [5, 5.41) is 0. The summed E-state index contributed by atoms with van der Waals surface area (Å²) in [7, 11) is 0. The number of amides is 2. The Kier molecular flexibility index (Phi) is 3.76. The van der Waals surface area contributed by atoms with Gasteiger partial charge in [0.1, 0.15) is 12.2 Å². The van der Waals surface area contributed by atoms with E-state index < -0.39 is 12.2 Å². The Balaban J connectivity index is 2.54. The molecule has 0 spiro atoms. The Bertz CT molecular complexity index is 333. The number of ether oxygens (including phenoxy) is 1. The predicted molar refractivity (Wildman–Crippen MR) is 51.9 cm³/mol. The first-order valence-corrected chi connectivity index (χ1v) is 4.95. The first-order chi connectivity index (χ1) is 7.41. The highest BCUT2D eigenvalue weighted by molar-refractivity contribution is 6.02. The van der Waals surface area contributed by atoms with Crippen molar-refractivity contribution in [3.63, 3.8) is 0 Å². The minimum atomic E-state index is -0.936. The zero-order chi connectivity index (χ0) is 12.3. The molecule has 1 rings (SSSR count). The van der Waals surface area contributed by atoms with Crippen LogP contribution in [0.4, 0.5) is 0 Å². The molecule has 0 aromatic carbocycles. The molecule has 2 amide bonds. The van der Waals surface area contributed by atoms with Gasteiger partial charge >= 0.3 is 5.97 Å². The van der Waals surface area contributed by atoms with Gasteiger partial charge in [0.15, 0.2) is 6.23 Å². The minimum absolute atomic E-state index is 0.146. The van der Waals surface area contributed by atoms with E-state index >= 15 is 0 Å². The summed E-state index contributed by atoms with van der Waals surface area (Å²) in [5.41, 5.74) is 0. The van der Waals surface area contributed by atoms with E-state index in [1.807, 2.05) is 0 Å². The topological polar surface area (TPSA) is 80.8 Å². The molecule has 88 valence electrons. The number of carbonyl (C=O) groups excluding carboxylic acids is 4. The second-order valence-electron chi connectivity index (χ2n) is 3.63. The fraction of sp³-hybridized carbons (Fsp3) is 0.600. The molecule has 16 heavy (non-hydrogen) atoms. The molecule has 0 saturated carbocycles. The average Bonchev–Trinajstić information content (AvgIpc) is 2.44. The van der Waals surface area contributed by atoms with E-state index in [1.54, 1.807) is 0 Å². The molecular formula is C10H13NO5. The summed E-state index contributed by atoms with van der Waals surface area (Å²) >= 11 is 0. The van der Waals surface area contributed by atoms with Crippen LogP contribution in [0.25, 0.3) is 0 Å². The van der Waals surface area contributed by atoms with Crippen molar-refractivity contribution in [1.82, 2.24) is 4.90 Å². The zero-order valence-electron chi connectivity index (χ0n) is 9.19. The Morgan fingerprint density at radius 2 is 1.81 bits per heavy atom. The van der Waals surface area contributed by atoms with Crippen molar-refractivity contribution in [2.24, 2.45) is 0 Å². The van der Waals surface area contributed by atoms with Crippen molar-refractivity contribution < 1.29 is 23.9 Å². The van der Waals surface area contributed by atoms with E-state index in [-0.39, 0.29) is 36.9 Å². The lowest BCUT2D eigenvalue weighted by Gasteiger charge is -2.21. The van der Waals surface area contributed by atoms with Crippen molar-refractivity contribution in [2.75, 3.05) is 0 Å². The van der Waals surface area contributed by atoms with Crippen molar-refractivity contribution in [3.05, 3.63) is 0 Å². The quantitative estimate of drug-likeness (QED) is 0.383.